The zero-order chi connectivity index (χ0) is 41.4. The first-order chi connectivity index (χ1) is 30.6. The number of para-hydroxylation sites is 1. The molecule has 0 aliphatic carbocycles. The fraction of sp³-hybridized carbons (Fsp3) is 0.0351. The van der Waals surface area contributed by atoms with Crippen molar-refractivity contribution in [3.8, 4) is 78.7 Å². The number of hydrogen-bond donors (Lipinski definition) is 0. The molecule has 5 nitrogen and oxygen atoms in total. The number of benzene rings is 7. The maximum Gasteiger partial charge on any atom is 0.160 e. The first-order valence-corrected chi connectivity index (χ1v) is 21.0. The largest absolute Gasteiger partial charge is 0.256 e. The van der Waals surface area contributed by atoms with Gasteiger partial charge in [-0.15, -0.1) is 0 Å². The number of aryl methyl sites for hydroxylation is 1. The molecular formula is C57H39N5. The van der Waals surface area contributed by atoms with Gasteiger partial charge in [-0.1, -0.05) is 165 Å². The average molecular weight is 794 g/mol. The third-order valence-electron chi connectivity index (χ3n) is 11.7. The van der Waals surface area contributed by atoms with Gasteiger partial charge in [0.15, 0.2) is 5.82 Å². The number of fused-ring (bicyclic) bond motifs is 4. The van der Waals surface area contributed by atoms with Crippen molar-refractivity contribution in [2.75, 3.05) is 0 Å². The molecule has 0 spiro atoms. The predicted molar refractivity (Wildman–Crippen MR) is 255 cm³/mol. The molecule has 0 radical (unpaired) electrons. The van der Waals surface area contributed by atoms with Crippen molar-refractivity contribution in [1.82, 2.24) is 24.9 Å². The minimum atomic E-state index is 0.682. The molecule has 0 aliphatic rings. The lowest BCUT2D eigenvalue weighted by Crippen LogP contribution is -1.96. The first-order valence-electron chi connectivity index (χ1n) is 21.0. The van der Waals surface area contributed by atoms with Gasteiger partial charge < -0.3 is 0 Å². The van der Waals surface area contributed by atoms with Crippen molar-refractivity contribution in [3.05, 3.63) is 212 Å². The highest BCUT2D eigenvalue weighted by molar-refractivity contribution is 6.05. The Morgan fingerprint density at radius 3 is 1.69 bits per heavy atom. The summed E-state index contributed by atoms with van der Waals surface area (Å²) in [6, 6.07) is 69.8. The van der Waals surface area contributed by atoms with E-state index < -0.39 is 0 Å². The van der Waals surface area contributed by atoms with Gasteiger partial charge in [-0.05, 0) is 76.7 Å². The summed E-state index contributed by atoms with van der Waals surface area (Å²) in [5.41, 5.74) is 17.3. The Labute approximate surface area is 360 Å². The van der Waals surface area contributed by atoms with Crippen molar-refractivity contribution in [2.24, 2.45) is 0 Å². The van der Waals surface area contributed by atoms with Crippen LogP contribution in [0.25, 0.3) is 111 Å². The molecule has 11 aromatic rings. The topological polar surface area (TPSA) is 64.5 Å². The highest BCUT2D eigenvalue weighted by Crippen LogP contribution is 2.36. The maximum absolute atomic E-state index is 5.30. The fourth-order valence-corrected chi connectivity index (χ4v) is 8.50. The molecule has 7 aromatic carbocycles. The quantitative estimate of drug-likeness (QED) is 0.143. The Bertz CT molecular complexity index is 3430. The van der Waals surface area contributed by atoms with E-state index in [0.717, 1.165) is 112 Å². The molecule has 0 aliphatic heterocycles. The Morgan fingerprint density at radius 1 is 0.355 bits per heavy atom. The van der Waals surface area contributed by atoms with Gasteiger partial charge in [-0.25, -0.2) is 19.9 Å². The van der Waals surface area contributed by atoms with Crippen LogP contribution in [0.1, 0.15) is 12.5 Å². The molecule has 4 aromatic heterocycles. The number of nitrogens with zero attached hydrogens (tertiary/aromatic N) is 5. The second-order valence-corrected chi connectivity index (χ2v) is 15.6. The Morgan fingerprint density at radius 2 is 0.935 bits per heavy atom. The van der Waals surface area contributed by atoms with Gasteiger partial charge in [0.25, 0.3) is 0 Å². The molecule has 292 valence electrons. The molecule has 0 bridgehead atoms. The summed E-state index contributed by atoms with van der Waals surface area (Å²) in [6.07, 6.45) is 2.77. The highest BCUT2D eigenvalue weighted by atomic mass is 14.9. The smallest absolute Gasteiger partial charge is 0.160 e. The van der Waals surface area contributed by atoms with Gasteiger partial charge in [0.1, 0.15) is 0 Å². The van der Waals surface area contributed by atoms with E-state index in [4.69, 9.17) is 19.9 Å². The molecule has 0 fully saturated rings. The van der Waals surface area contributed by atoms with E-state index in [1.165, 1.54) is 5.56 Å². The zero-order valence-electron chi connectivity index (χ0n) is 34.1. The summed E-state index contributed by atoms with van der Waals surface area (Å²) in [4.78, 5) is 25.4. The van der Waals surface area contributed by atoms with Crippen LogP contribution in [0.4, 0.5) is 0 Å². The highest BCUT2D eigenvalue weighted by Gasteiger charge is 2.15. The number of aromatic nitrogens is 5. The van der Waals surface area contributed by atoms with E-state index >= 15 is 0 Å². The normalized spacial score (nSPS) is 11.4. The van der Waals surface area contributed by atoms with Crippen molar-refractivity contribution >= 4 is 32.7 Å². The third kappa shape index (κ3) is 6.95. The summed E-state index contributed by atoms with van der Waals surface area (Å²) in [5.74, 6) is 0.682. The Hall–Kier alpha value is -8.15. The van der Waals surface area contributed by atoms with E-state index in [1.54, 1.807) is 0 Å². The molecule has 11 rings (SSSR count). The average Bonchev–Trinajstić information content (AvgIpc) is 3.36. The second kappa shape index (κ2) is 15.8. The minimum absolute atomic E-state index is 0.682. The van der Waals surface area contributed by atoms with E-state index in [0.29, 0.717) is 5.82 Å². The van der Waals surface area contributed by atoms with Crippen LogP contribution in [0.3, 0.4) is 0 Å². The first kappa shape index (κ1) is 36.9. The van der Waals surface area contributed by atoms with Gasteiger partial charge >= 0.3 is 0 Å². The van der Waals surface area contributed by atoms with Crippen molar-refractivity contribution in [3.63, 3.8) is 0 Å². The molecular weight excluding hydrogens is 755 g/mol. The number of hydrogen-bond acceptors (Lipinski definition) is 5. The summed E-state index contributed by atoms with van der Waals surface area (Å²) in [5, 5.41) is 3.35. The van der Waals surface area contributed by atoms with Gasteiger partial charge in [-0.3, -0.25) is 4.98 Å². The van der Waals surface area contributed by atoms with Crippen LogP contribution in [0, 0.1) is 0 Å². The van der Waals surface area contributed by atoms with E-state index in [-0.39, 0.29) is 0 Å². The van der Waals surface area contributed by atoms with E-state index in [9.17, 15) is 0 Å². The van der Waals surface area contributed by atoms with Gasteiger partial charge in [0, 0.05) is 50.2 Å². The van der Waals surface area contributed by atoms with E-state index in [2.05, 4.69) is 182 Å². The summed E-state index contributed by atoms with van der Waals surface area (Å²) in [7, 11) is 0. The van der Waals surface area contributed by atoms with E-state index in [1.807, 2.05) is 36.5 Å². The lowest BCUT2D eigenvalue weighted by Gasteiger charge is -2.13. The van der Waals surface area contributed by atoms with Gasteiger partial charge in [0.2, 0.25) is 0 Å². The van der Waals surface area contributed by atoms with Crippen LogP contribution in [-0.2, 0) is 6.42 Å². The third-order valence-corrected chi connectivity index (χ3v) is 11.7. The molecule has 4 heterocycles. The number of pyridine rings is 3. The SMILES string of the molecule is CCc1cc(-c2ccc(-c3cccc(-c4cc(-c5cccc(-c6ccnc7ccccc67)c5)nc(-c5ccccc5)n4)c3)cc2)nc2c1ccc1ccc(-c3ccccc3)nc12. The molecule has 0 saturated heterocycles. The zero-order valence-corrected chi connectivity index (χ0v) is 34.1. The molecule has 0 atom stereocenters. The number of rotatable bonds is 8. The van der Waals surface area contributed by atoms with Crippen LogP contribution in [-0.4, -0.2) is 24.9 Å². The van der Waals surface area contributed by atoms with Crippen molar-refractivity contribution in [2.45, 2.75) is 13.3 Å². The Kier molecular flexibility index (Phi) is 9.40. The standard InChI is InChI=1S/C57H39N5/c1-2-37-35-52(60-56-48(37)29-27-41-28-30-50(59-55(41)56)39-13-5-3-6-14-39)40-25-23-38(24-26-40)43-17-11-19-45(33-43)53-36-54(62-57(61-53)42-15-7-4-8-16-42)46-20-12-18-44(34-46)47-31-32-58-51-22-10-9-21-49(47)51/h3-36H,2H2,1H3. The monoisotopic (exact) mass is 793 g/mol. The lowest BCUT2D eigenvalue weighted by molar-refractivity contribution is 1.15. The van der Waals surface area contributed by atoms with Gasteiger partial charge in [-0.2, -0.15) is 0 Å². The van der Waals surface area contributed by atoms with Crippen LogP contribution in [0.15, 0.2) is 206 Å². The minimum Gasteiger partial charge on any atom is -0.256 e. The summed E-state index contributed by atoms with van der Waals surface area (Å²) >= 11 is 0. The van der Waals surface area contributed by atoms with Crippen LogP contribution >= 0.6 is 0 Å². The summed E-state index contributed by atoms with van der Waals surface area (Å²) < 4.78 is 0. The predicted octanol–water partition coefficient (Wildman–Crippen LogP) is 14.4. The fourth-order valence-electron chi connectivity index (χ4n) is 8.50. The molecule has 5 heteroatoms. The second-order valence-electron chi connectivity index (χ2n) is 15.6. The Balaban J connectivity index is 0.957. The van der Waals surface area contributed by atoms with Gasteiger partial charge in [0.05, 0.1) is 39.3 Å². The molecule has 0 saturated carbocycles. The lowest BCUT2D eigenvalue weighted by atomic mass is 9.97. The maximum atomic E-state index is 5.30. The van der Waals surface area contributed by atoms with Crippen LogP contribution in [0.2, 0.25) is 0 Å². The molecule has 0 N–H and O–H groups in total. The molecule has 0 amide bonds. The van der Waals surface area contributed by atoms with Crippen LogP contribution < -0.4 is 0 Å². The molecule has 0 unspecified atom stereocenters. The summed E-state index contributed by atoms with van der Waals surface area (Å²) in [6.45, 7) is 2.21. The molecule has 62 heavy (non-hydrogen) atoms. The van der Waals surface area contributed by atoms with Crippen LogP contribution in [0.5, 0.6) is 0 Å². The van der Waals surface area contributed by atoms with Crippen molar-refractivity contribution in [1.29, 1.82) is 0 Å². The van der Waals surface area contributed by atoms with Crippen molar-refractivity contribution < 1.29 is 0 Å².